The van der Waals surface area contributed by atoms with Crippen molar-refractivity contribution in [3.63, 3.8) is 0 Å². The zero-order chi connectivity index (χ0) is 17.5. The Hall–Kier alpha value is -2.45. The Labute approximate surface area is 150 Å². The Kier molecular flexibility index (Phi) is 6.28. The van der Waals surface area contributed by atoms with Crippen LogP contribution in [0.15, 0.2) is 35.6 Å². The fraction of sp³-hybridized carbons (Fsp3) is 0.200. The van der Waals surface area contributed by atoms with Crippen LogP contribution in [0.1, 0.15) is 11.1 Å². The number of anilines is 2. The minimum atomic E-state index is 0.0941. The van der Waals surface area contributed by atoms with Crippen LogP contribution in [-0.2, 0) is 6.54 Å². The molecule has 0 radical (unpaired) electrons. The van der Waals surface area contributed by atoms with Gasteiger partial charge < -0.3 is 16.0 Å². The maximum absolute atomic E-state index is 6.15. The minimum Gasteiger partial charge on any atom is -0.375 e. The molecule has 0 atom stereocenters. The highest BCUT2D eigenvalue weighted by atomic mass is 35.5. The molecule has 1 aromatic heterocycles. The van der Waals surface area contributed by atoms with Gasteiger partial charge >= 0.3 is 0 Å². The van der Waals surface area contributed by atoms with E-state index in [1.54, 1.807) is 12.4 Å². The fourth-order valence-corrected chi connectivity index (χ4v) is 2.15. The summed E-state index contributed by atoms with van der Waals surface area (Å²) in [6.45, 7) is 0.531. The van der Waals surface area contributed by atoms with E-state index in [9.17, 15) is 0 Å². The van der Waals surface area contributed by atoms with Crippen molar-refractivity contribution in [2.45, 2.75) is 6.54 Å². The van der Waals surface area contributed by atoms with E-state index >= 15 is 0 Å². The molecule has 0 aliphatic heterocycles. The average Bonchev–Trinajstić information content (AvgIpc) is 2.54. The van der Waals surface area contributed by atoms with E-state index in [2.05, 4.69) is 25.8 Å². The largest absolute Gasteiger partial charge is 0.375 e. The van der Waals surface area contributed by atoms with Crippen molar-refractivity contribution >= 4 is 46.9 Å². The predicted octanol–water partition coefficient (Wildman–Crippen LogP) is 1.98. The molecule has 126 valence electrons. The zero-order valence-electron chi connectivity index (χ0n) is 13.3. The third kappa shape index (κ3) is 5.04. The standard InChI is InChI=1S/C15H18ClN7S/c1-23(2)13-11(9-20-22-14(17)24)8-19-15(21-13)18-7-10-5-3-4-6-12(10)16/h3-6,8-9H,7H2,1-2H3,(H3,17,22,24)(H,18,19,21)/b20-9+. The lowest BCUT2D eigenvalue weighted by Gasteiger charge is -2.15. The van der Waals surface area contributed by atoms with Gasteiger partial charge in [0.15, 0.2) is 5.11 Å². The highest BCUT2D eigenvalue weighted by molar-refractivity contribution is 7.80. The molecule has 2 rings (SSSR count). The number of nitrogens with one attached hydrogen (secondary N) is 2. The lowest BCUT2D eigenvalue weighted by molar-refractivity contribution is 0.998. The summed E-state index contributed by atoms with van der Waals surface area (Å²) in [6, 6.07) is 7.62. The second-order valence-electron chi connectivity index (χ2n) is 5.05. The number of hydrogen-bond donors (Lipinski definition) is 3. The number of benzene rings is 1. The molecular weight excluding hydrogens is 346 g/mol. The van der Waals surface area contributed by atoms with Gasteiger partial charge in [0.25, 0.3) is 0 Å². The number of hydrazone groups is 1. The van der Waals surface area contributed by atoms with Crippen molar-refractivity contribution in [2.24, 2.45) is 10.8 Å². The van der Waals surface area contributed by atoms with Crippen molar-refractivity contribution in [3.8, 4) is 0 Å². The molecule has 0 amide bonds. The van der Waals surface area contributed by atoms with Crippen molar-refractivity contribution < 1.29 is 0 Å². The Morgan fingerprint density at radius 1 is 1.42 bits per heavy atom. The van der Waals surface area contributed by atoms with Crippen LogP contribution in [0.3, 0.4) is 0 Å². The number of hydrogen-bond acceptors (Lipinski definition) is 6. The topological polar surface area (TPSA) is 91.5 Å². The molecular formula is C15H18ClN7S. The summed E-state index contributed by atoms with van der Waals surface area (Å²) in [6.07, 6.45) is 3.23. The van der Waals surface area contributed by atoms with Gasteiger partial charge in [-0.15, -0.1) is 0 Å². The van der Waals surface area contributed by atoms with E-state index in [4.69, 9.17) is 29.6 Å². The summed E-state index contributed by atoms with van der Waals surface area (Å²) >= 11 is 10.8. The first kappa shape index (κ1) is 17.9. The zero-order valence-corrected chi connectivity index (χ0v) is 14.9. The van der Waals surface area contributed by atoms with Crippen LogP contribution in [0, 0.1) is 0 Å². The maximum atomic E-state index is 6.15. The van der Waals surface area contributed by atoms with Crippen molar-refractivity contribution in [1.82, 2.24) is 15.4 Å². The lowest BCUT2D eigenvalue weighted by atomic mass is 10.2. The molecule has 0 spiro atoms. The monoisotopic (exact) mass is 363 g/mol. The van der Waals surface area contributed by atoms with Crippen LogP contribution in [0.4, 0.5) is 11.8 Å². The van der Waals surface area contributed by atoms with Crippen molar-refractivity contribution in [3.05, 3.63) is 46.6 Å². The number of nitrogens with two attached hydrogens (primary N) is 1. The molecule has 0 bridgehead atoms. The van der Waals surface area contributed by atoms with Crippen molar-refractivity contribution in [2.75, 3.05) is 24.3 Å². The first-order valence-corrected chi connectivity index (χ1v) is 7.86. The van der Waals surface area contributed by atoms with E-state index in [1.807, 2.05) is 43.3 Å². The molecule has 0 unspecified atom stereocenters. The van der Waals surface area contributed by atoms with Gasteiger partial charge in [-0.3, -0.25) is 5.43 Å². The summed E-state index contributed by atoms with van der Waals surface area (Å²) in [5.74, 6) is 1.21. The lowest BCUT2D eigenvalue weighted by Crippen LogP contribution is -2.24. The molecule has 24 heavy (non-hydrogen) atoms. The second-order valence-corrected chi connectivity index (χ2v) is 5.89. The number of rotatable bonds is 6. The van der Waals surface area contributed by atoms with Gasteiger partial charge in [0, 0.05) is 31.9 Å². The van der Waals surface area contributed by atoms with Crippen LogP contribution in [0.5, 0.6) is 0 Å². The van der Waals surface area contributed by atoms with Gasteiger partial charge in [-0.05, 0) is 23.8 Å². The molecule has 1 heterocycles. The smallest absolute Gasteiger partial charge is 0.224 e. The third-order valence-corrected chi connectivity index (χ3v) is 3.45. The second kappa shape index (κ2) is 8.42. The summed E-state index contributed by atoms with van der Waals surface area (Å²) < 4.78 is 0. The maximum Gasteiger partial charge on any atom is 0.224 e. The SMILES string of the molecule is CN(C)c1nc(NCc2ccccc2Cl)ncc1/C=N/NC(N)=S. The molecule has 1 aromatic carbocycles. The normalized spacial score (nSPS) is 10.6. The van der Waals surface area contributed by atoms with Crippen LogP contribution in [0.25, 0.3) is 0 Å². The Morgan fingerprint density at radius 3 is 2.83 bits per heavy atom. The minimum absolute atomic E-state index is 0.0941. The summed E-state index contributed by atoms with van der Waals surface area (Å²) in [5, 5.41) is 7.89. The Morgan fingerprint density at radius 2 is 2.17 bits per heavy atom. The van der Waals surface area contributed by atoms with Gasteiger partial charge in [-0.2, -0.15) is 10.1 Å². The molecule has 2 aromatic rings. The van der Waals surface area contributed by atoms with Crippen LogP contribution >= 0.6 is 23.8 Å². The first-order chi connectivity index (χ1) is 11.5. The van der Waals surface area contributed by atoms with Crippen LogP contribution in [0.2, 0.25) is 5.02 Å². The van der Waals surface area contributed by atoms with E-state index in [1.165, 1.54) is 0 Å². The van der Waals surface area contributed by atoms with Gasteiger partial charge in [0.2, 0.25) is 5.95 Å². The van der Waals surface area contributed by atoms with E-state index in [-0.39, 0.29) is 5.11 Å². The number of halogens is 1. The molecule has 7 nitrogen and oxygen atoms in total. The number of aromatic nitrogens is 2. The van der Waals surface area contributed by atoms with E-state index < -0.39 is 0 Å². The van der Waals surface area contributed by atoms with Gasteiger partial charge in [0.1, 0.15) is 5.82 Å². The van der Waals surface area contributed by atoms with Gasteiger partial charge in [0.05, 0.1) is 11.8 Å². The molecule has 0 saturated heterocycles. The van der Waals surface area contributed by atoms with E-state index in [0.717, 1.165) is 11.1 Å². The predicted molar refractivity (Wildman–Crippen MR) is 103 cm³/mol. The van der Waals surface area contributed by atoms with Crippen LogP contribution < -0.4 is 21.4 Å². The molecule has 0 fully saturated rings. The first-order valence-electron chi connectivity index (χ1n) is 7.07. The summed E-state index contributed by atoms with van der Waals surface area (Å²) in [4.78, 5) is 10.6. The highest BCUT2D eigenvalue weighted by Crippen LogP contribution is 2.18. The summed E-state index contributed by atoms with van der Waals surface area (Å²) in [5.41, 5.74) is 9.53. The summed E-state index contributed by atoms with van der Waals surface area (Å²) in [7, 11) is 3.77. The fourth-order valence-electron chi connectivity index (χ4n) is 1.90. The molecule has 0 saturated carbocycles. The molecule has 0 aliphatic rings. The Bertz CT molecular complexity index is 748. The van der Waals surface area contributed by atoms with Gasteiger partial charge in [-0.1, -0.05) is 29.8 Å². The Balaban J connectivity index is 2.14. The van der Waals surface area contributed by atoms with Gasteiger partial charge in [-0.25, -0.2) is 4.98 Å². The number of nitrogens with zero attached hydrogens (tertiary/aromatic N) is 4. The molecule has 4 N–H and O–H groups in total. The van der Waals surface area contributed by atoms with E-state index in [0.29, 0.717) is 23.3 Å². The quantitative estimate of drug-likeness (QED) is 0.410. The molecule has 9 heteroatoms. The molecule has 0 aliphatic carbocycles. The van der Waals surface area contributed by atoms with Crippen molar-refractivity contribution in [1.29, 1.82) is 0 Å². The highest BCUT2D eigenvalue weighted by Gasteiger charge is 2.08. The average molecular weight is 364 g/mol. The van der Waals surface area contributed by atoms with Crippen LogP contribution in [-0.4, -0.2) is 35.4 Å². The third-order valence-electron chi connectivity index (χ3n) is 2.99. The number of thiocarbonyl (C=S) groups is 1.